The molecular weight excluding hydrogens is 234 g/mol. The summed E-state index contributed by atoms with van der Waals surface area (Å²) >= 11 is 1.66. The van der Waals surface area contributed by atoms with Crippen LogP contribution in [0.4, 0.5) is 0 Å². The van der Waals surface area contributed by atoms with Crippen molar-refractivity contribution in [2.45, 2.75) is 24.7 Å². The summed E-state index contributed by atoms with van der Waals surface area (Å²) in [6, 6.07) is 7.65. The summed E-state index contributed by atoms with van der Waals surface area (Å²) < 4.78 is 7.37. The molecule has 2 rings (SSSR count). The molecule has 4 heteroatoms. The second-order valence-electron chi connectivity index (χ2n) is 3.94. The average Bonchev–Trinajstić information content (AvgIpc) is 2.83. The largest absolute Gasteiger partial charge is 0.462 e. The fourth-order valence-electron chi connectivity index (χ4n) is 1.84. The summed E-state index contributed by atoms with van der Waals surface area (Å²) in [5, 5.41) is 0. The molecule has 1 aliphatic heterocycles. The van der Waals surface area contributed by atoms with Crippen molar-refractivity contribution in [1.82, 2.24) is 4.31 Å². The van der Waals surface area contributed by atoms with Crippen LogP contribution in [0.3, 0.4) is 0 Å². The van der Waals surface area contributed by atoms with E-state index < -0.39 is 0 Å². The van der Waals surface area contributed by atoms with E-state index in [-0.39, 0.29) is 5.97 Å². The van der Waals surface area contributed by atoms with E-state index in [0.29, 0.717) is 12.2 Å². The molecule has 0 aromatic heterocycles. The predicted octanol–water partition coefficient (Wildman–Crippen LogP) is 2.97. The number of hydrogen-bond donors (Lipinski definition) is 0. The minimum atomic E-state index is -0.227. The van der Waals surface area contributed by atoms with Crippen LogP contribution in [0.5, 0.6) is 0 Å². The molecule has 0 aliphatic carbocycles. The van der Waals surface area contributed by atoms with E-state index in [1.54, 1.807) is 11.9 Å². The Morgan fingerprint density at radius 2 is 2.06 bits per heavy atom. The minimum Gasteiger partial charge on any atom is -0.462 e. The van der Waals surface area contributed by atoms with Crippen molar-refractivity contribution < 1.29 is 9.53 Å². The van der Waals surface area contributed by atoms with E-state index in [1.165, 1.54) is 12.8 Å². The number of benzene rings is 1. The van der Waals surface area contributed by atoms with Gasteiger partial charge in [0.25, 0.3) is 0 Å². The Kier molecular flexibility index (Phi) is 4.45. The zero-order valence-electron chi connectivity index (χ0n) is 10.0. The molecule has 0 N–H and O–H groups in total. The Labute approximate surface area is 106 Å². The minimum absolute atomic E-state index is 0.227. The first kappa shape index (κ1) is 12.5. The maximum absolute atomic E-state index is 11.8. The van der Waals surface area contributed by atoms with Crippen molar-refractivity contribution in [3.8, 4) is 0 Å². The van der Waals surface area contributed by atoms with Crippen molar-refractivity contribution in [3.05, 3.63) is 29.8 Å². The highest BCUT2D eigenvalue weighted by molar-refractivity contribution is 7.97. The standard InChI is InChI=1S/C13H17NO2S/c1-2-16-13(15)11-7-3-4-8-12(11)17-14-9-5-6-10-14/h3-4,7-8H,2,5-6,9-10H2,1H3. The molecule has 0 saturated carbocycles. The van der Waals surface area contributed by atoms with Gasteiger partial charge in [0.15, 0.2) is 0 Å². The number of carbonyl (C=O) groups excluding carboxylic acids is 1. The average molecular weight is 251 g/mol. The Morgan fingerprint density at radius 3 is 2.76 bits per heavy atom. The molecule has 0 bridgehead atoms. The molecule has 1 heterocycles. The molecule has 1 aromatic carbocycles. The highest BCUT2D eigenvalue weighted by atomic mass is 32.2. The van der Waals surface area contributed by atoms with Gasteiger partial charge in [0, 0.05) is 18.0 Å². The second-order valence-corrected chi connectivity index (χ2v) is 5.08. The molecule has 1 aliphatic rings. The van der Waals surface area contributed by atoms with E-state index in [9.17, 15) is 4.79 Å². The van der Waals surface area contributed by atoms with Crippen LogP contribution in [-0.4, -0.2) is 30.0 Å². The summed E-state index contributed by atoms with van der Waals surface area (Å²) in [6.45, 7) is 4.44. The number of ether oxygens (including phenoxy) is 1. The van der Waals surface area contributed by atoms with Crippen LogP contribution in [0.2, 0.25) is 0 Å². The van der Waals surface area contributed by atoms with Crippen LogP contribution in [0.25, 0.3) is 0 Å². The van der Waals surface area contributed by atoms with Crippen LogP contribution < -0.4 is 0 Å². The number of esters is 1. The molecule has 1 fully saturated rings. The van der Waals surface area contributed by atoms with Gasteiger partial charge in [-0.3, -0.25) is 0 Å². The number of hydrogen-bond acceptors (Lipinski definition) is 4. The monoisotopic (exact) mass is 251 g/mol. The van der Waals surface area contributed by atoms with E-state index >= 15 is 0 Å². The highest BCUT2D eigenvalue weighted by Gasteiger charge is 2.17. The summed E-state index contributed by atoms with van der Waals surface area (Å²) in [4.78, 5) is 12.8. The molecule has 3 nitrogen and oxygen atoms in total. The van der Waals surface area contributed by atoms with Gasteiger partial charge < -0.3 is 4.74 Å². The van der Waals surface area contributed by atoms with Gasteiger partial charge in [-0.2, -0.15) is 0 Å². The van der Waals surface area contributed by atoms with Crippen molar-refractivity contribution in [2.75, 3.05) is 19.7 Å². The predicted molar refractivity (Wildman–Crippen MR) is 69.1 cm³/mol. The van der Waals surface area contributed by atoms with Crippen molar-refractivity contribution >= 4 is 17.9 Å². The maximum atomic E-state index is 11.8. The van der Waals surface area contributed by atoms with E-state index in [1.807, 2.05) is 31.2 Å². The zero-order valence-corrected chi connectivity index (χ0v) is 10.8. The van der Waals surface area contributed by atoms with E-state index in [0.717, 1.165) is 18.0 Å². The third kappa shape index (κ3) is 3.23. The van der Waals surface area contributed by atoms with Crippen molar-refractivity contribution in [1.29, 1.82) is 0 Å². The molecule has 0 radical (unpaired) electrons. The van der Waals surface area contributed by atoms with Gasteiger partial charge in [-0.1, -0.05) is 12.1 Å². The molecule has 17 heavy (non-hydrogen) atoms. The quantitative estimate of drug-likeness (QED) is 0.608. The van der Waals surface area contributed by atoms with Gasteiger partial charge in [0.1, 0.15) is 0 Å². The summed E-state index contributed by atoms with van der Waals surface area (Å²) in [5.41, 5.74) is 0.672. The van der Waals surface area contributed by atoms with E-state index in [2.05, 4.69) is 4.31 Å². The van der Waals surface area contributed by atoms with Crippen LogP contribution in [0.15, 0.2) is 29.2 Å². The SMILES string of the molecule is CCOC(=O)c1ccccc1SN1CCCC1. The Hall–Kier alpha value is -1.00. The van der Waals surface area contributed by atoms with Crippen LogP contribution in [-0.2, 0) is 4.74 Å². The zero-order chi connectivity index (χ0) is 12.1. The van der Waals surface area contributed by atoms with Gasteiger partial charge in [0.2, 0.25) is 0 Å². The topological polar surface area (TPSA) is 29.5 Å². The third-order valence-corrected chi connectivity index (χ3v) is 3.85. The lowest BCUT2D eigenvalue weighted by atomic mass is 10.2. The molecule has 0 unspecified atom stereocenters. The number of nitrogens with zero attached hydrogens (tertiary/aromatic N) is 1. The fourth-order valence-corrected chi connectivity index (χ4v) is 2.95. The lowest BCUT2D eigenvalue weighted by Gasteiger charge is -2.15. The van der Waals surface area contributed by atoms with Crippen molar-refractivity contribution in [3.63, 3.8) is 0 Å². The molecule has 1 saturated heterocycles. The van der Waals surface area contributed by atoms with Gasteiger partial charge in [-0.15, -0.1) is 0 Å². The van der Waals surface area contributed by atoms with E-state index in [4.69, 9.17) is 4.74 Å². The molecule has 92 valence electrons. The van der Waals surface area contributed by atoms with Crippen LogP contribution in [0.1, 0.15) is 30.1 Å². The first-order valence-corrected chi connectivity index (χ1v) is 6.77. The normalized spacial score (nSPS) is 16.1. The number of carbonyl (C=O) groups is 1. The molecule has 0 atom stereocenters. The van der Waals surface area contributed by atoms with Crippen LogP contribution >= 0.6 is 11.9 Å². The lowest BCUT2D eigenvalue weighted by molar-refractivity contribution is 0.0522. The smallest absolute Gasteiger partial charge is 0.339 e. The Balaban J connectivity index is 2.12. The number of rotatable bonds is 4. The molecule has 0 amide bonds. The first-order chi connectivity index (χ1) is 8.31. The second kappa shape index (κ2) is 6.07. The van der Waals surface area contributed by atoms with Crippen LogP contribution in [0, 0.1) is 0 Å². The molecular formula is C13H17NO2S. The van der Waals surface area contributed by atoms with Gasteiger partial charge in [0.05, 0.1) is 12.2 Å². The summed E-state index contributed by atoms with van der Waals surface area (Å²) in [6.07, 6.45) is 2.49. The molecule has 0 spiro atoms. The van der Waals surface area contributed by atoms with Gasteiger partial charge >= 0.3 is 5.97 Å². The highest BCUT2D eigenvalue weighted by Crippen LogP contribution is 2.29. The summed E-state index contributed by atoms with van der Waals surface area (Å²) in [7, 11) is 0. The Bertz CT molecular complexity index is 389. The van der Waals surface area contributed by atoms with Crippen molar-refractivity contribution in [2.24, 2.45) is 0 Å². The Morgan fingerprint density at radius 1 is 1.35 bits per heavy atom. The molecule has 1 aromatic rings. The van der Waals surface area contributed by atoms with Gasteiger partial charge in [-0.25, -0.2) is 9.10 Å². The van der Waals surface area contributed by atoms with Gasteiger partial charge in [-0.05, 0) is 43.8 Å². The maximum Gasteiger partial charge on any atom is 0.339 e. The fraction of sp³-hybridized carbons (Fsp3) is 0.462. The first-order valence-electron chi connectivity index (χ1n) is 6.00. The third-order valence-electron chi connectivity index (χ3n) is 2.67. The summed E-state index contributed by atoms with van der Waals surface area (Å²) in [5.74, 6) is -0.227. The lowest BCUT2D eigenvalue weighted by Crippen LogP contribution is -2.11.